The zero-order chi connectivity index (χ0) is 16.7. The van der Waals surface area contributed by atoms with Crippen molar-refractivity contribution in [3.8, 4) is 5.88 Å². The van der Waals surface area contributed by atoms with Gasteiger partial charge in [0.25, 0.3) is 11.5 Å². The number of aliphatic carboxylic acids is 1. The van der Waals surface area contributed by atoms with Crippen LogP contribution in [0.5, 0.6) is 5.88 Å². The van der Waals surface area contributed by atoms with Crippen molar-refractivity contribution in [2.45, 2.75) is 0 Å². The molecule has 0 fully saturated rings. The second kappa shape index (κ2) is 5.13. The van der Waals surface area contributed by atoms with E-state index in [1.54, 1.807) is 35.9 Å². The minimum atomic E-state index is -1.27. The number of benzene rings is 1. The lowest BCUT2D eigenvalue weighted by Gasteiger charge is -2.06. The van der Waals surface area contributed by atoms with Crippen molar-refractivity contribution < 1.29 is 19.8 Å². The van der Waals surface area contributed by atoms with Crippen LogP contribution >= 0.6 is 0 Å². The fourth-order valence-corrected chi connectivity index (χ4v) is 2.43. The number of aryl methyl sites for hydroxylation is 1. The van der Waals surface area contributed by atoms with Crippen molar-refractivity contribution in [3.05, 3.63) is 40.2 Å². The molecule has 9 heteroatoms. The first-order chi connectivity index (χ1) is 10.9. The topological polar surface area (TPSA) is 126 Å². The van der Waals surface area contributed by atoms with Crippen LogP contribution in [0, 0.1) is 0 Å². The molecule has 0 saturated heterocycles. The van der Waals surface area contributed by atoms with Crippen molar-refractivity contribution >= 4 is 28.7 Å². The minimum absolute atomic E-state index is 0.170. The van der Waals surface area contributed by atoms with Crippen LogP contribution in [0.4, 0.5) is 0 Å². The van der Waals surface area contributed by atoms with E-state index >= 15 is 0 Å². The first-order valence-corrected chi connectivity index (χ1v) is 6.61. The number of nitrogens with one attached hydrogen (secondary N) is 1. The smallest absolute Gasteiger partial charge is 0.322 e. The summed E-state index contributed by atoms with van der Waals surface area (Å²) in [5, 5.41) is 21.0. The normalized spacial score (nSPS) is 11.0. The first-order valence-electron chi connectivity index (χ1n) is 6.61. The molecule has 0 aliphatic rings. The van der Waals surface area contributed by atoms with Crippen LogP contribution in [-0.4, -0.2) is 42.6 Å². The molecule has 0 radical (unpaired) electrons. The third-order valence-corrected chi connectivity index (χ3v) is 3.46. The van der Waals surface area contributed by atoms with Crippen molar-refractivity contribution in [2.75, 3.05) is 6.54 Å². The summed E-state index contributed by atoms with van der Waals surface area (Å²) < 4.78 is 2.88. The maximum atomic E-state index is 12.1. The van der Waals surface area contributed by atoms with E-state index in [-0.39, 0.29) is 5.78 Å². The van der Waals surface area contributed by atoms with Gasteiger partial charge < -0.3 is 20.1 Å². The van der Waals surface area contributed by atoms with E-state index in [1.807, 2.05) is 5.32 Å². The predicted octanol–water partition coefficient (Wildman–Crippen LogP) is -0.294. The number of carboxylic acids is 1. The van der Waals surface area contributed by atoms with Crippen LogP contribution in [0.2, 0.25) is 0 Å². The number of carbonyl (C=O) groups excluding carboxylic acids is 1. The maximum absolute atomic E-state index is 12.1. The zero-order valence-electron chi connectivity index (χ0n) is 12.0. The number of amides is 1. The number of carbonyl (C=O) groups is 2. The highest BCUT2D eigenvalue weighted by atomic mass is 16.4. The Morgan fingerprint density at radius 3 is 2.57 bits per heavy atom. The van der Waals surface area contributed by atoms with Gasteiger partial charge in [-0.15, -0.1) is 0 Å². The lowest BCUT2D eigenvalue weighted by atomic mass is 10.3. The number of para-hydroxylation sites is 2. The number of aromatic nitrogens is 3. The van der Waals surface area contributed by atoms with Gasteiger partial charge in [0.1, 0.15) is 6.54 Å². The lowest BCUT2D eigenvalue weighted by molar-refractivity contribution is -0.135. The highest BCUT2D eigenvalue weighted by molar-refractivity contribution is 5.98. The Balaban J connectivity index is 2.29. The molecule has 9 nitrogen and oxygen atoms in total. The fraction of sp³-hybridized carbons (Fsp3) is 0.143. The molecule has 2 heterocycles. The molecule has 0 aliphatic heterocycles. The maximum Gasteiger partial charge on any atom is 0.322 e. The van der Waals surface area contributed by atoms with Crippen molar-refractivity contribution in [1.82, 2.24) is 19.3 Å². The second-order valence-electron chi connectivity index (χ2n) is 4.88. The van der Waals surface area contributed by atoms with E-state index < -0.39 is 35.4 Å². The van der Waals surface area contributed by atoms with Crippen molar-refractivity contribution in [3.63, 3.8) is 0 Å². The van der Waals surface area contributed by atoms with Gasteiger partial charge in [0.15, 0.2) is 5.56 Å². The first kappa shape index (κ1) is 14.6. The molecule has 0 atom stereocenters. The molecule has 3 rings (SSSR count). The van der Waals surface area contributed by atoms with Gasteiger partial charge in [0.05, 0.1) is 11.0 Å². The van der Waals surface area contributed by atoms with Gasteiger partial charge in [-0.2, -0.15) is 4.98 Å². The van der Waals surface area contributed by atoms with Gasteiger partial charge in [-0.3, -0.25) is 14.4 Å². The average Bonchev–Trinajstić information content (AvgIpc) is 2.79. The summed E-state index contributed by atoms with van der Waals surface area (Å²) in [7, 11) is 1.67. The molecule has 0 spiro atoms. The van der Waals surface area contributed by atoms with Gasteiger partial charge in [-0.25, -0.2) is 4.40 Å². The third-order valence-electron chi connectivity index (χ3n) is 3.46. The van der Waals surface area contributed by atoms with Crippen LogP contribution < -0.4 is 10.9 Å². The van der Waals surface area contributed by atoms with E-state index in [1.165, 1.54) is 4.40 Å². The zero-order valence-corrected chi connectivity index (χ0v) is 12.0. The van der Waals surface area contributed by atoms with Crippen LogP contribution in [0.1, 0.15) is 10.4 Å². The molecule has 0 aliphatic carbocycles. The molecular formula is C14H12N4O5. The second-order valence-corrected chi connectivity index (χ2v) is 4.88. The summed E-state index contributed by atoms with van der Waals surface area (Å²) in [6, 6.07) is 7.01. The molecule has 0 bridgehead atoms. The van der Waals surface area contributed by atoms with Gasteiger partial charge in [0.2, 0.25) is 11.7 Å². The Kier molecular flexibility index (Phi) is 3.25. The van der Waals surface area contributed by atoms with Crippen molar-refractivity contribution in [2.24, 2.45) is 7.05 Å². The summed E-state index contributed by atoms with van der Waals surface area (Å²) in [5.41, 5.74) is -0.267. The monoisotopic (exact) mass is 316 g/mol. The SMILES string of the molecule is Cn1c2ccccc2n2c(O)c(C(=O)NCC(=O)O)c(=O)nc12. The standard InChI is InChI=1S/C14H12N4O5/c1-17-7-4-2-3-5-8(7)18-13(23)10(12(22)16-14(17)18)11(21)15-6-9(19)20/h2-5,23H,6H2,1H3,(H,15,21)(H,19,20). The number of carboxylic acid groups (broad SMARTS) is 1. The predicted molar refractivity (Wildman–Crippen MR) is 79.6 cm³/mol. The number of fused-ring (bicyclic) bond motifs is 3. The Hall–Kier alpha value is -3.36. The number of aromatic hydroxyl groups is 1. The lowest BCUT2D eigenvalue weighted by Crippen LogP contribution is -2.34. The molecule has 3 aromatic rings. The van der Waals surface area contributed by atoms with Crippen LogP contribution in [-0.2, 0) is 11.8 Å². The van der Waals surface area contributed by atoms with Crippen LogP contribution in [0.3, 0.4) is 0 Å². The molecule has 118 valence electrons. The molecule has 1 aromatic carbocycles. The Labute approximate surface area is 128 Å². The highest BCUT2D eigenvalue weighted by Gasteiger charge is 2.23. The molecule has 0 unspecified atom stereocenters. The molecule has 3 N–H and O–H groups in total. The summed E-state index contributed by atoms with van der Waals surface area (Å²) in [5.74, 6) is -2.68. The van der Waals surface area contributed by atoms with E-state index in [2.05, 4.69) is 4.98 Å². The number of nitrogens with zero attached hydrogens (tertiary/aromatic N) is 3. The molecule has 2 aromatic heterocycles. The van der Waals surface area contributed by atoms with Crippen LogP contribution in [0.25, 0.3) is 16.8 Å². The molecular weight excluding hydrogens is 304 g/mol. The van der Waals surface area contributed by atoms with E-state index in [4.69, 9.17) is 5.11 Å². The number of imidazole rings is 1. The summed E-state index contributed by atoms with van der Waals surface area (Å²) >= 11 is 0. The van der Waals surface area contributed by atoms with Gasteiger partial charge in [0, 0.05) is 7.05 Å². The quantitative estimate of drug-likeness (QED) is 0.609. The Morgan fingerprint density at radius 2 is 1.91 bits per heavy atom. The Morgan fingerprint density at radius 1 is 1.26 bits per heavy atom. The van der Waals surface area contributed by atoms with E-state index in [9.17, 15) is 19.5 Å². The average molecular weight is 316 g/mol. The van der Waals surface area contributed by atoms with Gasteiger partial charge >= 0.3 is 5.97 Å². The third kappa shape index (κ3) is 2.18. The van der Waals surface area contributed by atoms with Gasteiger partial charge in [-0.1, -0.05) is 12.1 Å². The van der Waals surface area contributed by atoms with E-state index in [0.717, 1.165) is 0 Å². The van der Waals surface area contributed by atoms with Crippen LogP contribution in [0.15, 0.2) is 29.1 Å². The molecule has 1 amide bonds. The summed E-state index contributed by atoms with van der Waals surface area (Å²) in [4.78, 5) is 38.4. The Bertz CT molecular complexity index is 1020. The van der Waals surface area contributed by atoms with E-state index in [0.29, 0.717) is 11.0 Å². The molecule has 23 heavy (non-hydrogen) atoms. The van der Waals surface area contributed by atoms with Gasteiger partial charge in [-0.05, 0) is 12.1 Å². The molecule has 0 saturated carbocycles. The number of hydrogen-bond donors (Lipinski definition) is 3. The summed E-state index contributed by atoms with van der Waals surface area (Å²) in [6.45, 7) is -0.671. The number of hydrogen-bond acceptors (Lipinski definition) is 5. The highest BCUT2D eigenvalue weighted by Crippen LogP contribution is 2.24. The summed E-state index contributed by atoms with van der Waals surface area (Å²) in [6.07, 6.45) is 0. The fourth-order valence-electron chi connectivity index (χ4n) is 2.43. The largest absolute Gasteiger partial charge is 0.493 e. The minimum Gasteiger partial charge on any atom is -0.493 e. The van der Waals surface area contributed by atoms with Crippen molar-refractivity contribution in [1.29, 1.82) is 0 Å². The number of rotatable bonds is 3.